The molecule has 1 saturated carbocycles. The summed E-state index contributed by atoms with van der Waals surface area (Å²) in [4.78, 5) is 0. The Morgan fingerprint density at radius 1 is 0.390 bits per heavy atom. The van der Waals surface area contributed by atoms with Crippen molar-refractivity contribution in [1.29, 1.82) is 0 Å². The molecule has 209 valence electrons. The van der Waals surface area contributed by atoms with Crippen LogP contribution in [0.4, 0.5) is 0 Å². The molecule has 3 heteroatoms. The van der Waals surface area contributed by atoms with Gasteiger partial charge in [-0.05, 0) is 79.0 Å². The Labute approximate surface area is 263 Å². The van der Waals surface area contributed by atoms with Crippen molar-refractivity contribution < 1.29 is 17.1 Å². The summed E-state index contributed by atoms with van der Waals surface area (Å²) >= 11 is 0. The first-order valence-corrected chi connectivity index (χ1v) is 16.8. The molecule has 0 spiro atoms. The summed E-state index contributed by atoms with van der Waals surface area (Å²) in [6, 6.07) is 44.2. The SMILES string of the molecule is C[C]1[C](C)[C](C)[C](C)[C]1C.[C-]#C.[Fe+2].c1ccc(P(CCP(c2ccccc2)c2ccccc2)c2ccccc2)cc1. The normalized spacial score (nSPS) is 14.6. The molecule has 0 heterocycles. The Hall–Kier alpha value is -2.18. The Kier molecular flexibility index (Phi) is 15.7. The van der Waals surface area contributed by atoms with Crippen LogP contribution in [-0.4, -0.2) is 12.3 Å². The van der Waals surface area contributed by atoms with Gasteiger partial charge >= 0.3 is 17.1 Å². The molecule has 0 unspecified atom stereocenters. The smallest absolute Gasteiger partial charge is 0.697 e. The van der Waals surface area contributed by atoms with Gasteiger partial charge in [0, 0.05) is 0 Å². The average molecular weight is 615 g/mol. The van der Waals surface area contributed by atoms with Crippen LogP contribution in [0.3, 0.4) is 0 Å². The van der Waals surface area contributed by atoms with E-state index in [0.717, 1.165) is 0 Å². The van der Waals surface area contributed by atoms with Crippen molar-refractivity contribution >= 4 is 37.1 Å². The van der Waals surface area contributed by atoms with E-state index in [0.29, 0.717) is 0 Å². The summed E-state index contributed by atoms with van der Waals surface area (Å²) in [5, 5.41) is 5.89. The third-order valence-corrected chi connectivity index (χ3v) is 13.0. The molecule has 1 aliphatic rings. The first-order chi connectivity index (χ1) is 19.5. The fourth-order valence-electron chi connectivity index (χ4n) is 4.85. The first-order valence-electron chi connectivity index (χ1n) is 13.7. The van der Waals surface area contributed by atoms with E-state index in [1.54, 1.807) is 0 Å². The maximum absolute atomic E-state index is 5.25. The van der Waals surface area contributed by atoms with Crippen molar-refractivity contribution in [2.24, 2.45) is 0 Å². The molecule has 0 N–H and O–H groups in total. The molecule has 1 fully saturated rings. The van der Waals surface area contributed by atoms with Crippen LogP contribution in [0.1, 0.15) is 34.6 Å². The van der Waals surface area contributed by atoms with Gasteiger partial charge in [0.2, 0.25) is 0 Å². The number of hydrogen-bond donors (Lipinski definition) is 0. The molecule has 5 rings (SSSR count). The van der Waals surface area contributed by atoms with Gasteiger partial charge < -0.3 is 12.8 Å². The van der Waals surface area contributed by atoms with Crippen molar-refractivity contribution in [3.8, 4) is 6.42 Å². The first kappa shape index (κ1) is 35.0. The molecule has 0 nitrogen and oxygen atoms in total. The minimum Gasteiger partial charge on any atom is -0.697 e. The number of benzene rings is 4. The molecule has 5 radical (unpaired) electrons. The van der Waals surface area contributed by atoms with Crippen LogP contribution in [0.5, 0.6) is 0 Å². The molecule has 41 heavy (non-hydrogen) atoms. The second-order valence-electron chi connectivity index (χ2n) is 9.77. The minimum absolute atomic E-state index is 0. The number of rotatable bonds is 7. The van der Waals surface area contributed by atoms with E-state index in [-0.39, 0.29) is 32.9 Å². The van der Waals surface area contributed by atoms with Crippen LogP contribution in [0.25, 0.3) is 0 Å². The van der Waals surface area contributed by atoms with Gasteiger partial charge in [0.25, 0.3) is 0 Å². The van der Waals surface area contributed by atoms with Crippen molar-refractivity contribution in [3.63, 3.8) is 0 Å². The standard InChI is InChI=1S/C26H24P2.C10H15.C2H.Fe/c1-5-13-23(14-6-1)27(24-15-7-2-8-16-24)21-22-28(25-17-9-3-10-18-25)26-19-11-4-12-20-26;1-6-7(2)9(4)10(5)8(6)3;1-2;/h1-20H,21-22H2;1-5H3;1H;/q;;-1;+2. The molecular weight excluding hydrogens is 574 g/mol. The van der Waals surface area contributed by atoms with E-state index in [2.05, 4.69) is 162 Å². The topological polar surface area (TPSA) is 0 Å². The maximum atomic E-state index is 5.25. The molecule has 0 aromatic heterocycles. The number of terminal acetylenes is 1. The van der Waals surface area contributed by atoms with Gasteiger partial charge in [-0.25, -0.2) is 0 Å². The second-order valence-corrected chi connectivity index (χ2v) is 14.4. The van der Waals surface area contributed by atoms with Crippen LogP contribution in [0, 0.1) is 42.4 Å². The van der Waals surface area contributed by atoms with Gasteiger partial charge in [-0.3, -0.25) is 0 Å². The number of hydrogen-bond acceptors (Lipinski definition) is 0. The van der Waals surface area contributed by atoms with E-state index >= 15 is 0 Å². The summed E-state index contributed by atoms with van der Waals surface area (Å²) in [5.74, 6) is 7.34. The molecule has 0 atom stereocenters. The summed E-state index contributed by atoms with van der Waals surface area (Å²) in [6.45, 7) is 11.0. The average Bonchev–Trinajstić information content (AvgIpc) is 3.19. The van der Waals surface area contributed by atoms with Crippen LogP contribution in [0.15, 0.2) is 121 Å². The van der Waals surface area contributed by atoms with Crippen molar-refractivity contribution in [3.05, 3.63) is 157 Å². The zero-order valence-electron chi connectivity index (χ0n) is 24.8. The van der Waals surface area contributed by atoms with E-state index in [1.807, 2.05) is 0 Å². The second kappa shape index (κ2) is 18.4. The fourth-order valence-corrected chi connectivity index (χ4v) is 10.2. The van der Waals surface area contributed by atoms with Crippen LogP contribution < -0.4 is 21.2 Å². The van der Waals surface area contributed by atoms with Crippen molar-refractivity contribution in [1.82, 2.24) is 0 Å². The van der Waals surface area contributed by atoms with Gasteiger partial charge in [0.05, 0.1) is 0 Å². The van der Waals surface area contributed by atoms with Gasteiger partial charge in [-0.2, -0.15) is 0 Å². The molecule has 0 bridgehead atoms. The predicted octanol–water partition coefficient (Wildman–Crippen LogP) is 8.43. The molecule has 0 aliphatic heterocycles. The van der Waals surface area contributed by atoms with E-state index < -0.39 is 0 Å². The minimum atomic E-state index is -0.348. The van der Waals surface area contributed by atoms with Gasteiger partial charge in [-0.15, -0.1) is 0 Å². The van der Waals surface area contributed by atoms with Crippen LogP contribution in [-0.2, 0) is 17.1 Å². The Bertz CT molecular complexity index is 1040. The zero-order chi connectivity index (χ0) is 28.9. The zero-order valence-corrected chi connectivity index (χ0v) is 27.7. The maximum Gasteiger partial charge on any atom is 2.00 e. The quantitative estimate of drug-likeness (QED) is 0.0849. The monoisotopic (exact) mass is 614 g/mol. The van der Waals surface area contributed by atoms with Gasteiger partial charge in [-0.1, -0.05) is 156 Å². The summed E-state index contributed by atoms with van der Waals surface area (Å²) in [5.41, 5.74) is 0. The molecule has 1 aliphatic carbocycles. The van der Waals surface area contributed by atoms with Crippen molar-refractivity contribution in [2.45, 2.75) is 34.6 Å². The molecule has 0 saturated heterocycles. The molecule has 0 amide bonds. The van der Waals surface area contributed by atoms with Gasteiger partial charge in [0.15, 0.2) is 0 Å². The van der Waals surface area contributed by atoms with Crippen molar-refractivity contribution in [2.75, 3.05) is 12.3 Å². The summed E-state index contributed by atoms with van der Waals surface area (Å²) < 4.78 is 0. The largest absolute Gasteiger partial charge is 2.00 e. The molecule has 4 aromatic carbocycles. The molecule has 4 aromatic rings. The van der Waals surface area contributed by atoms with Crippen LogP contribution in [0.2, 0.25) is 0 Å². The van der Waals surface area contributed by atoms with E-state index in [1.165, 1.54) is 63.1 Å². The third-order valence-electron chi connectivity index (χ3n) is 7.63. The fraction of sp³-hybridized carbons (Fsp3) is 0.184. The summed E-state index contributed by atoms with van der Waals surface area (Å²) in [7, 11) is -0.696. The third kappa shape index (κ3) is 9.67. The van der Waals surface area contributed by atoms with E-state index in [4.69, 9.17) is 6.42 Å². The van der Waals surface area contributed by atoms with Gasteiger partial charge in [0.1, 0.15) is 0 Å². The van der Waals surface area contributed by atoms with E-state index in [9.17, 15) is 0 Å². The Balaban J connectivity index is 0.000000383. The van der Waals surface area contributed by atoms with Crippen LogP contribution >= 0.6 is 15.8 Å². The Morgan fingerprint density at radius 3 is 0.732 bits per heavy atom. The predicted molar refractivity (Wildman–Crippen MR) is 181 cm³/mol. The summed E-state index contributed by atoms with van der Waals surface area (Å²) in [6.07, 6.45) is 11.4. The Morgan fingerprint density at radius 2 is 0.561 bits per heavy atom. The molecular formula is C38H40FeP2+.